The number of carbonyl (C=O) groups excluding carboxylic acids is 2. The van der Waals surface area contributed by atoms with Gasteiger partial charge >= 0.3 is 12.2 Å². The van der Waals surface area contributed by atoms with Crippen molar-refractivity contribution in [2.75, 3.05) is 5.32 Å². The Morgan fingerprint density at radius 1 is 1.25 bits per heavy atom. The Kier molecular flexibility index (Phi) is 4.63. The molecule has 0 bridgehead atoms. The molecule has 1 rings (SSSR count). The third-order valence-corrected chi connectivity index (χ3v) is 1.88. The number of pyridine rings is 1. The van der Waals surface area contributed by atoms with E-state index in [9.17, 15) is 14.4 Å². The predicted octanol–water partition coefficient (Wildman–Crippen LogP) is 1.84. The fraction of sp³-hybridized carbons (Fsp3) is 0.333. The lowest BCUT2D eigenvalue weighted by atomic mass is 10.2. The molecule has 0 saturated heterocycles. The number of rotatable bonds is 2. The van der Waals surface area contributed by atoms with Crippen molar-refractivity contribution in [2.24, 2.45) is 0 Å². The van der Waals surface area contributed by atoms with Gasteiger partial charge in [0.25, 0.3) is 5.91 Å². The SMILES string of the molecule is CC(C)(C)OC(=O)Nc1ccc(C(=O)NC(=O)O)cn1. The molecule has 0 fully saturated rings. The summed E-state index contributed by atoms with van der Waals surface area (Å²) in [7, 11) is 0. The van der Waals surface area contributed by atoms with E-state index in [1.165, 1.54) is 12.1 Å². The molecule has 0 aliphatic heterocycles. The van der Waals surface area contributed by atoms with E-state index in [-0.39, 0.29) is 11.4 Å². The zero-order chi connectivity index (χ0) is 15.3. The summed E-state index contributed by atoms with van der Waals surface area (Å²) >= 11 is 0. The van der Waals surface area contributed by atoms with Crippen LogP contribution in [0, 0.1) is 0 Å². The van der Waals surface area contributed by atoms with Gasteiger partial charge in [0.05, 0.1) is 5.56 Å². The number of ether oxygens (including phenoxy) is 1. The molecule has 0 aliphatic carbocycles. The summed E-state index contributed by atoms with van der Waals surface area (Å²) in [6.45, 7) is 5.16. The maximum absolute atomic E-state index is 11.5. The highest BCUT2D eigenvalue weighted by Crippen LogP contribution is 2.10. The number of hydrogen-bond donors (Lipinski definition) is 3. The van der Waals surface area contributed by atoms with Crippen molar-refractivity contribution in [1.29, 1.82) is 0 Å². The van der Waals surface area contributed by atoms with Crippen LogP contribution >= 0.6 is 0 Å². The summed E-state index contributed by atoms with van der Waals surface area (Å²) < 4.78 is 5.02. The Morgan fingerprint density at radius 2 is 1.90 bits per heavy atom. The average Bonchev–Trinajstić information content (AvgIpc) is 2.26. The Balaban J connectivity index is 2.65. The summed E-state index contributed by atoms with van der Waals surface area (Å²) in [6, 6.07) is 2.69. The number of carbonyl (C=O) groups is 3. The zero-order valence-corrected chi connectivity index (χ0v) is 11.3. The standard InChI is InChI=1S/C12H15N3O5/c1-12(2,3)20-11(19)14-8-5-4-7(6-13-8)9(16)15-10(17)18/h4-6H,1-3H3,(H,15,16)(H,17,18)(H,13,14,19). The van der Waals surface area contributed by atoms with Crippen LogP contribution in [0.1, 0.15) is 31.1 Å². The molecule has 3 amide bonds. The zero-order valence-electron chi connectivity index (χ0n) is 11.3. The maximum atomic E-state index is 11.5. The molecular weight excluding hydrogens is 266 g/mol. The molecule has 0 atom stereocenters. The molecule has 3 N–H and O–H groups in total. The predicted molar refractivity (Wildman–Crippen MR) is 69.6 cm³/mol. The molecule has 108 valence electrons. The van der Waals surface area contributed by atoms with Crippen LogP contribution in [0.15, 0.2) is 18.3 Å². The van der Waals surface area contributed by atoms with Crippen LogP contribution in [0.4, 0.5) is 15.4 Å². The highest BCUT2D eigenvalue weighted by atomic mass is 16.6. The summed E-state index contributed by atoms with van der Waals surface area (Å²) in [5, 5.41) is 12.5. The second-order valence-electron chi connectivity index (χ2n) is 4.82. The number of nitrogens with one attached hydrogen (secondary N) is 2. The number of aromatic nitrogens is 1. The minimum atomic E-state index is -1.45. The molecule has 0 aliphatic rings. The molecule has 0 spiro atoms. The summed E-state index contributed by atoms with van der Waals surface area (Å²) in [4.78, 5) is 36.9. The summed E-state index contributed by atoms with van der Waals surface area (Å²) in [5.74, 6) is -0.611. The van der Waals surface area contributed by atoms with Gasteiger partial charge < -0.3 is 9.84 Å². The number of hydrogen-bond acceptors (Lipinski definition) is 5. The fourth-order valence-corrected chi connectivity index (χ4v) is 1.18. The van der Waals surface area contributed by atoms with Crippen LogP contribution < -0.4 is 10.6 Å². The molecule has 8 heteroatoms. The highest BCUT2D eigenvalue weighted by molar-refractivity contribution is 6.02. The molecule has 1 aromatic rings. The molecule has 0 unspecified atom stereocenters. The van der Waals surface area contributed by atoms with E-state index in [0.717, 1.165) is 6.20 Å². The second-order valence-corrected chi connectivity index (χ2v) is 4.82. The van der Waals surface area contributed by atoms with Gasteiger partial charge in [0.2, 0.25) is 0 Å². The molecule has 1 aromatic heterocycles. The number of amides is 3. The highest BCUT2D eigenvalue weighted by Gasteiger charge is 2.16. The van der Waals surface area contributed by atoms with Gasteiger partial charge in [0.15, 0.2) is 0 Å². The number of carboxylic acid groups (broad SMARTS) is 1. The average molecular weight is 281 g/mol. The van der Waals surface area contributed by atoms with E-state index in [4.69, 9.17) is 9.84 Å². The van der Waals surface area contributed by atoms with Gasteiger partial charge in [0.1, 0.15) is 11.4 Å². The topological polar surface area (TPSA) is 118 Å². The summed E-state index contributed by atoms with van der Waals surface area (Å²) in [6.07, 6.45) is -0.982. The fourth-order valence-electron chi connectivity index (χ4n) is 1.18. The van der Waals surface area contributed by atoms with Crippen LogP contribution in [0.2, 0.25) is 0 Å². The minimum absolute atomic E-state index is 0.0575. The molecule has 1 heterocycles. The van der Waals surface area contributed by atoms with Crippen molar-refractivity contribution in [3.8, 4) is 0 Å². The van der Waals surface area contributed by atoms with Gasteiger partial charge in [-0.1, -0.05) is 0 Å². The van der Waals surface area contributed by atoms with E-state index in [1.54, 1.807) is 26.1 Å². The lowest BCUT2D eigenvalue weighted by molar-refractivity contribution is 0.0635. The first-order chi connectivity index (χ1) is 9.17. The third-order valence-electron chi connectivity index (χ3n) is 1.88. The number of imide groups is 1. The van der Waals surface area contributed by atoms with E-state index < -0.39 is 23.7 Å². The maximum Gasteiger partial charge on any atom is 0.413 e. The Hall–Kier alpha value is -2.64. The second kappa shape index (κ2) is 6.00. The summed E-state index contributed by atoms with van der Waals surface area (Å²) in [5.41, 5.74) is -0.576. The van der Waals surface area contributed by atoms with Gasteiger partial charge in [-0.15, -0.1) is 0 Å². The third kappa shape index (κ3) is 5.34. The van der Waals surface area contributed by atoms with Crippen molar-refractivity contribution < 1.29 is 24.2 Å². The molecule has 8 nitrogen and oxygen atoms in total. The lowest BCUT2D eigenvalue weighted by Gasteiger charge is -2.19. The monoisotopic (exact) mass is 281 g/mol. The number of anilines is 1. The van der Waals surface area contributed by atoms with Crippen LogP contribution in [0.25, 0.3) is 0 Å². The van der Waals surface area contributed by atoms with Crippen LogP contribution in [0.5, 0.6) is 0 Å². The van der Waals surface area contributed by atoms with Crippen molar-refractivity contribution in [3.63, 3.8) is 0 Å². The van der Waals surface area contributed by atoms with Crippen molar-refractivity contribution in [3.05, 3.63) is 23.9 Å². The van der Waals surface area contributed by atoms with E-state index >= 15 is 0 Å². The first-order valence-corrected chi connectivity index (χ1v) is 5.68. The van der Waals surface area contributed by atoms with Crippen LogP contribution in [0.3, 0.4) is 0 Å². The molecular formula is C12H15N3O5. The van der Waals surface area contributed by atoms with E-state index in [0.29, 0.717) is 0 Å². The van der Waals surface area contributed by atoms with Gasteiger partial charge in [0, 0.05) is 6.20 Å². The van der Waals surface area contributed by atoms with Gasteiger partial charge in [-0.25, -0.2) is 14.6 Å². The van der Waals surface area contributed by atoms with Crippen molar-refractivity contribution >= 4 is 23.9 Å². The van der Waals surface area contributed by atoms with Gasteiger partial charge in [-0.3, -0.25) is 15.4 Å². The smallest absolute Gasteiger partial charge is 0.413 e. The first kappa shape index (κ1) is 15.4. The van der Waals surface area contributed by atoms with Gasteiger partial charge in [-0.05, 0) is 32.9 Å². The van der Waals surface area contributed by atoms with Crippen LogP contribution in [-0.4, -0.2) is 33.8 Å². The Bertz CT molecular complexity index is 519. The minimum Gasteiger partial charge on any atom is -0.465 e. The van der Waals surface area contributed by atoms with Crippen LogP contribution in [-0.2, 0) is 4.74 Å². The Labute approximate surface area is 115 Å². The molecule has 0 radical (unpaired) electrons. The lowest BCUT2D eigenvalue weighted by Crippen LogP contribution is -2.29. The van der Waals surface area contributed by atoms with E-state index in [2.05, 4.69) is 10.3 Å². The van der Waals surface area contributed by atoms with Crippen molar-refractivity contribution in [2.45, 2.75) is 26.4 Å². The largest absolute Gasteiger partial charge is 0.465 e. The molecule has 20 heavy (non-hydrogen) atoms. The Morgan fingerprint density at radius 3 is 2.35 bits per heavy atom. The molecule has 0 saturated carbocycles. The van der Waals surface area contributed by atoms with Crippen molar-refractivity contribution in [1.82, 2.24) is 10.3 Å². The normalized spacial score (nSPS) is 10.6. The first-order valence-electron chi connectivity index (χ1n) is 5.68. The molecule has 0 aromatic carbocycles. The van der Waals surface area contributed by atoms with Gasteiger partial charge in [-0.2, -0.15) is 0 Å². The van der Waals surface area contributed by atoms with E-state index in [1.807, 2.05) is 0 Å². The number of nitrogens with zero attached hydrogens (tertiary/aromatic N) is 1. The quantitative estimate of drug-likeness (QED) is 0.761.